The van der Waals surface area contributed by atoms with Gasteiger partial charge in [0, 0.05) is 25.2 Å². The van der Waals surface area contributed by atoms with Gasteiger partial charge in [-0.15, -0.1) is 0 Å². The number of hydrogen-bond acceptors (Lipinski definition) is 2. The molecule has 0 bridgehead atoms. The van der Waals surface area contributed by atoms with Crippen molar-refractivity contribution < 1.29 is 8.22 Å². The number of fused-ring (bicyclic) bond motifs is 6. The average Bonchev–Trinajstić information content (AvgIpc) is 2.96. The zero-order valence-corrected chi connectivity index (χ0v) is 9.88. The van der Waals surface area contributed by atoms with Gasteiger partial charge in [0.25, 0.3) is 0 Å². The lowest BCUT2D eigenvalue weighted by atomic mass is 10.1. The van der Waals surface area contributed by atoms with E-state index in [1.165, 1.54) is 4.40 Å². The molecule has 0 spiro atoms. The predicted molar refractivity (Wildman–Crippen MR) is 77.5 cm³/mol. The molecule has 3 nitrogen and oxygen atoms in total. The molecule has 0 aliphatic carbocycles. The standard InChI is InChI=1S/C16H13N3/c1-10-16-13-7-5-9-17-15(13)12-6-3-4-8-14(12)19(16)11(2)18-10/h3-9H,1-2H3/i1D3,2D3. The van der Waals surface area contributed by atoms with Crippen molar-refractivity contribution in [3.8, 4) is 0 Å². The molecule has 0 unspecified atom stereocenters. The molecular formula is C16H13N3. The summed E-state index contributed by atoms with van der Waals surface area (Å²) in [6.07, 6.45) is 1.63. The Hall–Kier alpha value is -2.42. The lowest BCUT2D eigenvalue weighted by Crippen LogP contribution is -1.94. The summed E-state index contributed by atoms with van der Waals surface area (Å²) in [5.74, 6) is -0.254. The van der Waals surface area contributed by atoms with Crippen molar-refractivity contribution >= 4 is 27.3 Å². The van der Waals surface area contributed by atoms with Crippen molar-refractivity contribution in [1.82, 2.24) is 14.4 Å². The number of aryl methyl sites for hydroxylation is 2. The van der Waals surface area contributed by atoms with Crippen LogP contribution in [0.5, 0.6) is 0 Å². The van der Waals surface area contributed by atoms with E-state index in [-0.39, 0.29) is 17.0 Å². The van der Waals surface area contributed by atoms with E-state index in [2.05, 4.69) is 9.97 Å². The van der Waals surface area contributed by atoms with Crippen LogP contribution >= 0.6 is 0 Å². The molecule has 0 saturated carbocycles. The fourth-order valence-electron chi connectivity index (χ4n) is 2.58. The van der Waals surface area contributed by atoms with E-state index in [0.717, 1.165) is 5.39 Å². The van der Waals surface area contributed by atoms with Gasteiger partial charge in [-0.2, -0.15) is 0 Å². The molecule has 3 heteroatoms. The number of rotatable bonds is 0. The summed E-state index contributed by atoms with van der Waals surface area (Å²) in [4.78, 5) is 8.43. The second kappa shape index (κ2) is 3.54. The van der Waals surface area contributed by atoms with Crippen LogP contribution < -0.4 is 0 Å². The number of hydrogen-bond donors (Lipinski definition) is 0. The summed E-state index contributed by atoms with van der Waals surface area (Å²) in [5, 5.41) is 1.31. The van der Waals surface area contributed by atoms with E-state index in [1.807, 2.05) is 12.1 Å². The first-order chi connectivity index (χ1) is 11.7. The van der Waals surface area contributed by atoms with Crippen LogP contribution in [0.1, 0.15) is 19.7 Å². The van der Waals surface area contributed by atoms with Gasteiger partial charge in [-0.3, -0.25) is 9.38 Å². The van der Waals surface area contributed by atoms with Crippen LogP contribution in [0, 0.1) is 13.7 Å². The largest absolute Gasteiger partial charge is 0.296 e. The topological polar surface area (TPSA) is 30.2 Å². The molecule has 3 heterocycles. The van der Waals surface area contributed by atoms with Gasteiger partial charge >= 0.3 is 0 Å². The Morgan fingerprint density at radius 1 is 1.05 bits per heavy atom. The highest BCUT2D eigenvalue weighted by atomic mass is 15.0. The highest BCUT2D eigenvalue weighted by Gasteiger charge is 2.13. The first-order valence-corrected chi connectivity index (χ1v) is 5.88. The molecule has 0 amide bonds. The molecule has 0 fully saturated rings. The lowest BCUT2D eigenvalue weighted by Gasteiger charge is -2.08. The van der Waals surface area contributed by atoms with E-state index in [0.29, 0.717) is 16.4 Å². The van der Waals surface area contributed by atoms with Crippen LogP contribution in [0.4, 0.5) is 0 Å². The Morgan fingerprint density at radius 2 is 1.95 bits per heavy atom. The smallest absolute Gasteiger partial charge is 0.110 e. The Balaban J connectivity index is 2.40. The summed E-state index contributed by atoms with van der Waals surface area (Å²) >= 11 is 0. The molecule has 19 heavy (non-hydrogen) atoms. The molecule has 0 N–H and O–H groups in total. The van der Waals surface area contributed by atoms with Gasteiger partial charge in [0.2, 0.25) is 0 Å². The van der Waals surface area contributed by atoms with Gasteiger partial charge < -0.3 is 0 Å². The Bertz CT molecular complexity index is 1040. The van der Waals surface area contributed by atoms with E-state index < -0.39 is 13.7 Å². The highest BCUT2D eigenvalue weighted by molar-refractivity contribution is 6.10. The van der Waals surface area contributed by atoms with Gasteiger partial charge in [-0.1, -0.05) is 18.2 Å². The van der Waals surface area contributed by atoms with Crippen LogP contribution in [0.2, 0.25) is 0 Å². The normalized spacial score (nSPS) is 17.7. The van der Waals surface area contributed by atoms with Crippen molar-refractivity contribution in [3.63, 3.8) is 0 Å². The number of pyridine rings is 2. The quantitative estimate of drug-likeness (QED) is 0.448. The second-order valence-corrected chi connectivity index (χ2v) is 4.38. The highest BCUT2D eigenvalue weighted by Crippen LogP contribution is 2.30. The van der Waals surface area contributed by atoms with E-state index in [1.54, 1.807) is 30.5 Å². The molecule has 0 saturated heterocycles. The van der Waals surface area contributed by atoms with Crippen LogP contribution in [-0.2, 0) is 0 Å². The minimum absolute atomic E-state index is 0.220. The number of nitrogens with zero attached hydrogens (tertiary/aromatic N) is 3. The molecular weight excluding hydrogens is 234 g/mol. The third kappa shape index (κ3) is 1.27. The van der Waals surface area contributed by atoms with Crippen molar-refractivity contribution in [3.05, 3.63) is 54.1 Å². The Labute approximate surface area is 119 Å². The summed E-state index contributed by atoms with van der Waals surface area (Å²) in [7, 11) is 0. The lowest BCUT2D eigenvalue weighted by molar-refractivity contribution is 1.07. The molecule has 3 aromatic heterocycles. The number of imidazole rings is 1. The first-order valence-electron chi connectivity index (χ1n) is 8.88. The Morgan fingerprint density at radius 3 is 2.84 bits per heavy atom. The maximum absolute atomic E-state index is 7.81. The summed E-state index contributed by atoms with van der Waals surface area (Å²) in [6, 6.07) is 10.6. The first kappa shape index (κ1) is 6.15. The molecule has 0 aliphatic heterocycles. The monoisotopic (exact) mass is 253 g/mol. The zero-order valence-electron chi connectivity index (χ0n) is 15.9. The fraction of sp³-hybridized carbons (Fsp3) is 0.125. The van der Waals surface area contributed by atoms with Crippen molar-refractivity contribution in [1.29, 1.82) is 0 Å². The van der Waals surface area contributed by atoms with Crippen LogP contribution in [0.25, 0.3) is 27.3 Å². The predicted octanol–water partition coefficient (Wildman–Crippen LogP) is 3.65. The average molecular weight is 253 g/mol. The van der Waals surface area contributed by atoms with Crippen LogP contribution in [0.15, 0.2) is 42.6 Å². The van der Waals surface area contributed by atoms with Crippen LogP contribution in [0.3, 0.4) is 0 Å². The third-order valence-electron chi connectivity index (χ3n) is 3.34. The molecule has 4 rings (SSSR count). The van der Waals surface area contributed by atoms with Gasteiger partial charge in [0.15, 0.2) is 0 Å². The van der Waals surface area contributed by atoms with E-state index in [9.17, 15) is 0 Å². The van der Waals surface area contributed by atoms with E-state index in [4.69, 9.17) is 8.22 Å². The van der Waals surface area contributed by atoms with Gasteiger partial charge in [0.1, 0.15) is 5.82 Å². The van der Waals surface area contributed by atoms with Gasteiger partial charge in [-0.05, 0) is 31.9 Å². The van der Waals surface area contributed by atoms with Gasteiger partial charge in [-0.25, -0.2) is 4.98 Å². The molecule has 0 aliphatic rings. The maximum atomic E-state index is 7.81. The molecule has 92 valence electrons. The maximum Gasteiger partial charge on any atom is 0.110 e. The van der Waals surface area contributed by atoms with E-state index >= 15 is 0 Å². The minimum Gasteiger partial charge on any atom is -0.296 e. The molecule has 0 atom stereocenters. The third-order valence-corrected chi connectivity index (χ3v) is 3.34. The summed E-state index contributed by atoms with van der Waals surface area (Å²) in [6.45, 7) is -5.09. The molecule has 1 aromatic carbocycles. The number of para-hydroxylation sites is 1. The zero-order chi connectivity index (χ0) is 18.0. The van der Waals surface area contributed by atoms with Crippen LogP contribution in [-0.4, -0.2) is 14.4 Å². The van der Waals surface area contributed by atoms with Gasteiger partial charge in [0.05, 0.1) is 22.2 Å². The van der Waals surface area contributed by atoms with Crippen molar-refractivity contribution in [2.24, 2.45) is 0 Å². The van der Waals surface area contributed by atoms with Crippen molar-refractivity contribution in [2.75, 3.05) is 0 Å². The minimum atomic E-state index is -2.55. The Kier molecular flexibility index (Phi) is 1.15. The summed E-state index contributed by atoms with van der Waals surface area (Å²) < 4.78 is 48.3. The molecule has 0 radical (unpaired) electrons. The fourth-order valence-corrected chi connectivity index (χ4v) is 2.58. The summed E-state index contributed by atoms with van der Waals surface area (Å²) in [5.41, 5.74) is 1.24. The second-order valence-electron chi connectivity index (χ2n) is 4.38. The number of benzene rings is 1. The number of aromatic nitrogens is 3. The van der Waals surface area contributed by atoms with Crippen molar-refractivity contribution in [2.45, 2.75) is 13.7 Å². The SMILES string of the molecule is [2H]C([2H])([2H])c1nc(C([2H])([2H])[2H])n2c3ccccc3c3ncccc3c12. The molecule has 4 aromatic rings.